The number of nitrogens with one attached hydrogen (secondary N) is 1. The average molecular weight is 375 g/mol. The van der Waals surface area contributed by atoms with Crippen molar-refractivity contribution >= 4 is 35.3 Å². The number of aromatic hydroxyl groups is 1. The van der Waals surface area contributed by atoms with Crippen LogP contribution in [0.25, 0.3) is 11.3 Å². The lowest BCUT2D eigenvalue weighted by Crippen LogP contribution is -2.17. The summed E-state index contributed by atoms with van der Waals surface area (Å²) in [5.41, 5.74) is 3.11. The number of amides is 1. The maximum Gasteiger partial charge on any atom is 0.275 e. The van der Waals surface area contributed by atoms with Gasteiger partial charge in [-0.15, -0.1) is 0 Å². The van der Waals surface area contributed by atoms with Crippen LogP contribution in [0.3, 0.4) is 0 Å². The molecular formula is C18H12Cl2N2O3. The van der Waals surface area contributed by atoms with E-state index in [1.165, 1.54) is 18.3 Å². The van der Waals surface area contributed by atoms with Gasteiger partial charge in [0.2, 0.25) is 0 Å². The molecule has 7 heteroatoms. The van der Waals surface area contributed by atoms with Gasteiger partial charge in [0.25, 0.3) is 5.91 Å². The summed E-state index contributed by atoms with van der Waals surface area (Å²) in [4.78, 5) is 11.9. The Morgan fingerprint density at radius 1 is 1.12 bits per heavy atom. The summed E-state index contributed by atoms with van der Waals surface area (Å²) < 4.78 is 5.62. The van der Waals surface area contributed by atoms with Crippen molar-refractivity contribution in [3.8, 4) is 17.1 Å². The molecule has 1 amide bonds. The Balaban J connectivity index is 1.71. The fourth-order valence-electron chi connectivity index (χ4n) is 2.13. The third-order valence-electron chi connectivity index (χ3n) is 3.33. The Labute approximate surface area is 153 Å². The van der Waals surface area contributed by atoms with Crippen LogP contribution in [-0.2, 0) is 0 Å². The molecule has 1 heterocycles. The van der Waals surface area contributed by atoms with Gasteiger partial charge in [-0.1, -0.05) is 35.3 Å². The molecule has 2 aromatic carbocycles. The molecule has 5 nitrogen and oxygen atoms in total. The molecular weight excluding hydrogens is 363 g/mol. The van der Waals surface area contributed by atoms with Crippen LogP contribution < -0.4 is 5.43 Å². The maximum atomic E-state index is 11.9. The van der Waals surface area contributed by atoms with Gasteiger partial charge in [-0.2, -0.15) is 5.10 Å². The van der Waals surface area contributed by atoms with Gasteiger partial charge in [0, 0.05) is 10.6 Å². The fourth-order valence-corrected chi connectivity index (χ4v) is 2.52. The molecule has 0 aliphatic rings. The maximum absolute atomic E-state index is 11.9. The van der Waals surface area contributed by atoms with Crippen LogP contribution in [-0.4, -0.2) is 17.2 Å². The number of hydrogen-bond acceptors (Lipinski definition) is 4. The minimum Gasteiger partial charge on any atom is -0.507 e. The molecule has 0 aliphatic carbocycles. The predicted molar refractivity (Wildman–Crippen MR) is 97.3 cm³/mol. The van der Waals surface area contributed by atoms with Crippen LogP contribution in [0.4, 0.5) is 0 Å². The topological polar surface area (TPSA) is 74.8 Å². The van der Waals surface area contributed by atoms with Gasteiger partial charge in [0.05, 0.1) is 16.8 Å². The number of benzene rings is 2. The van der Waals surface area contributed by atoms with E-state index in [0.717, 1.165) is 0 Å². The zero-order valence-corrected chi connectivity index (χ0v) is 14.3. The molecule has 25 heavy (non-hydrogen) atoms. The predicted octanol–water partition coefficient (Wildman–Crippen LogP) is 4.72. The fraction of sp³-hybridized carbons (Fsp3) is 0. The quantitative estimate of drug-likeness (QED) is 0.512. The highest BCUT2D eigenvalue weighted by molar-refractivity contribution is 6.35. The summed E-state index contributed by atoms with van der Waals surface area (Å²) in [5.74, 6) is 0.301. The van der Waals surface area contributed by atoms with Crippen LogP contribution in [0.2, 0.25) is 10.0 Å². The van der Waals surface area contributed by atoms with E-state index in [9.17, 15) is 9.90 Å². The number of para-hydroxylation sites is 1. The summed E-state index contributed by atoms with van der Waals surface area (Å²) in [6.07, 6.45) is 1.35. The molecule has 0 unspecified atom stereocenters. The number of carbonyl (C=O) groups excluding carboxylic acids is 1. The first kappa shape index (κ1) is 17.1. The second-order valence-corrected chi connectivity index (χ2v) is 5.89. The Morgan fingerprint density at radius 2 is 1.92 bits per heavy atom. The number of furan rings is 1. The summed E-state index contributed by atoms with van der Waals surface area (Å²) in [6.45, 7) is 0. The highest BCUT2D eigenvalue weighted by Gasteiger charge is 2.10. The minimum atomic E-state index is -0.529. The van der Waals surface area contributed by atoms with Gasteiger partial charge in [-0.25, -0.2) is 5.43 Å². The molecule has 3 rings (SSSR count). The number of halogens is 2. The monoisotopic (exact) mass is 374 g/mol. The lowest BCUT2D eigenvalue weighted by Gasteiger charge is -2.02. The van der Waals surface area contributed by atoms with Crippen molar-refractivity contribution in [2.24, 2.45) is 5.10 Å². The lowest BCUT2D eigenvalue weighted by molar-refractivity contribution is 0.0952. The first-order chi connectivity index (χ1) is 12.0. The minimum absolute atomic E-state index is 0.119. The number of carbonyl (C=O) groups is 1. The number of phenols is 1. The third kappa shape index (κ3) is 4.02. The van der Waals surface area contributed by atoms with Gasteiger partial charge >= 0.3 is 0 Å². The molecule has 0 spiro atoms. The second-order valence-electron chi connectivity index (χ2n) is 5.04. The molecule has 0 saturated carbocycles. The third-order valence-corrected chi connectivity index (χ3v) is 3.89. The van der Waals surface area contributed by atoms with Crippen molar-refractivity contribution in [3.63, 3.8) is 0 Å². The van der Waals surface area contributed by atoms with Crippen molar-refractivity contribution < 1.29 is 14.3 Å². The first-order valence-electron chi connectivity index (χ1n) is 7.21. The Kier molecular flexibility index (Phi) is 5.07. The lowest BCUT2D eigenvalue weighted by atomic mass is 10.2. The van der Waals surface area contributed by atoms with Crippen molar-refractivity contribution in [2.45, 2.75) is 0 Å². The number of nitrogens with zero attached hydrogens (tertiary/aromatic N) is 1. The molecule has 2 N–H and O–H groups in total. The highest BCUT2D eigenvalue weighted by Crippen LogP contribution is 2.31. The molecule has 0 saturated heterocycles. The van der Waals surface area contributed by atoms with Crippen LogP contribution in [0, 0.1) is 0 Å². The van der Waals surface area contributed by atoms with Crippen molar-refractivity contribution in [1.29, 1.82) is 0 Å². The van der Waals surface area contributed by atoms with Gasteiger partial charge in [0.15, 0.2) is 0 Å². The summed E-state index contributed by atoms with van der Waals surface area (Å²) in [7, 11) is 0. The zero-order valence-electron chi connectivity index (χ0n) is 12.7. The molecule has 1 aromatic heterocycles. The summed E-state index contributed by atoms with van der Waals surface area (Å²) >= 11 is 12.1. The van der Waals surface area contributed by atoms with E-state index in [4.69, 9.17) is 27.6 Å². The average Bonchev–Trinajstić information content (AvgIpc) is 3.06. The number of rotatable bonds is 4. The smallest absolute Gasteiger partial charge is 0.275 e. The molecule has 0 bridgehead atoms. The van der Waals surface area contributed by atoms with Gasteiger partial charge in [-0.05, 0) is 42.5 Å². The van der Waals surface area contributed by atoms with E-state index < -0.39 is 5.91 Å². The summed E-state index contributed by atoms with van der Waals surface area (Å²) in [6, 6.07) is 14.7. The van der Waals surface area contributed by atoms with E-state index in [-0.39, 0.29) is 11.3 Å². The van der Waals surface area contributed by atoms with Crippen molar-refractivity contribution in [1.82, 2.24) is 5.43 Å². The number of hydrogen-bond donors (Lipinski definition) is 2. The molecule has 3 aromatic rings. The largest absolute Gasteiger partial charge is 0.507 e. The zero-order chi connectivity index (χ0) is 17.8. The van der Waals surface area contributed by atoms with E-state index in [2.05, 4.69) is 10.5 Å². The number of phenolic OH excluding ortho intramolecular Hbond substituents is 1. The van der Waals surface area contributed by atoms with E-state index >= 15 is 0 Å². The standard InChI is InChI=1S/C18H12Cl2N2O3/c19-11-5-7-15(20)14(9-11)17-8-6-12(25-17)10-21-22-18(24)13-3-1-2-4-16(13)23/h1-10,23H,(H,22,24)/b21-10-. The molecule has 0 radical (unpaired) electrons. The van der Waals surface area contributed by atoms with Crippen molar-refractivity contribution in [3.05, 3.63) is 76.0 Å². The van der Waals surface area contributed by atoms with E-state index in [0.29, 0.717) is 27.1 Å². The van der Waals surface area contributed by atoms with Crippen molar-refractivity contribution in [2.75, 3.05) is 0 Å². The van der Waals surface area contributed by atoms with E-state index in [1.54, 1.807) is 42.5 Å². The Hall–Kier alpha value is -2.76. The van der Waals surface area contributed by atoms with Gasteiger partial charge in [0.1, 0.15) is 17.3 Å². The molecule has 0 atom stereocenters. The first-order valence-corrected chi connectivity index (χ1v) is 7.97. The molecule has 126 valence electrons. The number of hydrazone groups is 1. The van der Waals surface area contributed by atoms with Crippen LogP contribution in [0.15, 0.2) is 64.1 Å². The SMILES string of the molecule is O=C(N/N=C\c1ccc(-c2cc(Cl)ccc2Cl)o1)c1ccccc1O. The van der Waals surface area contributed by atoms with E-state index in [1.807, 2.05) is 0 Å². The second kappa shape index (κ2) is 7.42. The Bertz CT molecular complexity index is 951. The van der Waals surface area contributed by atoms with Crippen LogP contribution in [0.5, 0.6) is 5.75 Å². The molecule has 0 aliphatic heterocycles. The highest BCUT2D eigenvalue weighted by atomic mass is 35.5. The summed E-state index contributed by atoms with van der Waals surface area (Å²) in [5, 5.41) is 14.5. The Morgan fingerprint density at radius 3 is 2.72 bits per heavy atom. The normalized spacial score (nSPS) is 11.0. The van der Waals surface area contributed by atoms with Gasteiger partial charge in [-0.3, -0.25) is 4.79 Å². The van der Waals surface area contributed by atoms with Gasteiger partial charge < -0.3 is 9.52 Å². The van der Waals surface area contributed by atoms with Crippen LogP contribution >= 0.6 is 23.2 Å². The van der Waals surface area contributed by atoms with Crippen LogP contribution in [0.1, 0.15) is 16.1 Å². The molecule has 0 fully saturated rings.